The van der Waals surface area contributed by atoms with Crippen molar-refractivity contribution >= 4 is 11.6 Å². The van der Waals surface area contributed by atoms with Gasteiger partial charge in [-0.2, -0.15) is 0 Å². The Morgan fingerprint density at radius 1 is 1.00 bits per heavy atom. The number of amides is 1. The van der Waals surface area contributed by atoms with Crippen LogP contribution in [0.2, 0.25) is 0 Å². The summed E-state index contributed by atoms with van der Waals surface area (Å²) in [4.78, 5) is 17.6. The molecule has 1 saturated carbocycles. The number of nitrogens with zero attached hydrogens (tertiary/aromatic N) is 2. The number of hydrazine groups is 1. The van der Waals surface area contributed by atoms with E-state index in [-0.39, 0.29) is 18.2 Å². The number of ether oxygens (including phenoxy) is 1. The van der Waals surface area contributed by atoms with Crippen LogP contribution in [0.3, 0.4) is 0 Å². The van der Waals surface area contributed by atoms with Gasteiger partial charge >= 0.3 is 0 Å². The van der Waals surface area contributed by atoms with Crippen LogP contribution in [0.5, 0.6) is 0 Å². The van der Waals surface area contributed by atoms with Crippen LogP contribution in [-0.2, 0) is 11.3 Å². The van der Waals surface area contributed by atoms with Gasteiger partial charge in [0.1, 0.15) is 0 Å². The Kier molecular flexibility index (Phi) is 6.92. The summed E-state index contributed by atoms with van der Waals surface area (Å²) in [7, 11) is 2.16. The number of carbonyl (C=O) groups excluding carboxylic acids is 1. The predicted octanol–water partition coefficient (Wildman–Crippen LogP) is 2.36. The Morgan fingerprint density at radius 3 is 2.52 bits per heavy atom. The van der Waals surface area contributed by atoms with Gasteiger partial charge in [0.15, 0.2) is 0 Å². The van der Waals surface area contributed by atoms with E-state index in [2.05, 4.69) is 57.3 Å². The van der Waals surface area contributed by atoms with Gasteiger partial charge < -0.3 is 19.9 Å². The summed E-state index contributed by atoms with van der Waals surface area (Å²) < 4.78 is 6.17. The molecular formula is C26H35N5O2. The molecule has 33 heavy (non-hydrogen) atoms. The number of nitrogens with one attached hydrogen (secondary N) is 3. The van der Waals surface area contributed by atoms with Crippen molar-refractivity contribution in [1.82, 2.24) is 21.1 Å². The van der Waals surface area contributed by atoms with Gasteiger partial charge in [0.05, 0.1) is 18.9 Å². The number of hydrogen-bond donors (Lipinski definition) is 3. The molecule has 7 heteroatoms. The molecule has 3 aliphatic rings. The SMILES string of the molecule is CN1CCN(c2ccc(C(=O)NC3NNC4CC(OCc5ccccc5)CCC43)cc2)CC1. The molecule has 2 aromatic carbocycles. The van der Waals surface area contributed by atoms with Crippen LogP contribution in [0.1, 0.15) is 35.2 Å². The number of hydrogen-bond acceptors (Lipinski definition) is 6. The minimum absolute atomic E-state index is 0.0256. The molecule has 5 rings (SSSR count). The third-order valence-electron chi connectivity index (χ3n) is 7.32. The van der Waals surface area contributed by atoms with E-state index in [0.717, 1.165) is 45.4 Å². The van der Waals surface area contributed by atoms with E-state index >= 15 is 0 Å². The van der Waals surface area contributed by atoms with Crippen molar-refractivity contribution in [3.05, 3.63) is 65.7 Å². The minimum atomic E-state index is -0.0603. The zero-order chi connectivity index (χ0) is 22.6. The average molecular weight is 450 g/mol. The molecule has 3 fully saturated rings. The molecule has 2 saturated heterocycles. The second-order valence-corrected chi connectivity index (χ2v) is 9.58. The average Bonchev–Trinajstić information content (AvgIpc) is 3.26. The molecule has 2 aromatic rings. The lowest BCUT2D eigenvalue weighted by Crippen LogP contribution is -2.47. The first-order valence-corrected chi connectivity index (χ1v) is 12.2. The van der Waals surface area contributed by atoms with Gasteiger partial charge in [-0.3, -0.25) is 10.2 Å². The summed E-state index contributed by atoms with van der Waals surface area (Å²) in [5.74, 6) is 0.345. The van der Waals surface area contributed by atoms with Crippen molar-refractivity contribution < 1.29 is 9.53 Å². The summed E-state index contributed by atoms with van der Waals surface area (Å²) in [6.45, 7) is 4.85. The Balaban J connectivity index is 1.11. The monoisotopic (exact) mass is 449 g/mol. The number of fused-ring (bicyclic) bond motifs is 1. The molecule has 2 aliphatic heterocycles. The summed E-state index contributed by atoms with van der Waals surface area (Å²) in [6, 6.07) is 18.7. The molecule has 0 aromatic heterocycles. The van der Waals surface area contributed by atoms with Gasteiger partial charge in [0.2, 0.25) is 0 Å². The van der Waals surface area contributed by atoms with Crippen molar-refractivity contribution in [2.45, 2.75) is 44.2 Å². The molecule has 2 heterocycles. The van der Waals surface area contributed by atoms with E-state index in [0.29, 0.717) is 24.1 Å². The van der Waals surface area contributed by atoms with Crippen LogP contribution < -0.4 is 21.1 Å². The van der Waals surface area contributed by atoms with Gasteiger partial charge in [-0.1, -0.05) is 30.3 Å². The fraction of sp³-hybridized carbons (Fsp3) is 0.500. The van der Waals surface area contributed by atoms with Crippen LogP contribution in [-0.4, -0.2) is 62.3 Å². The standard InChI is InChI=1S/C26H35N5O2/c1-30-13-15-31(16-14-30)21-9-7-20(8-10-21)26(32)27-25-23-12-11-22(17-24(23)28-29-25)33-18-19-5-3-2-4-6-19/h2-10,22-25,28-29H,11-18H2,1H3,(H,27,32). The lowest BCUT2D eigenvalue weighted by atomic mass is 9.82. The summed E-state index contributed by atoms with van der Waals surface area (Å²) in [6.07, 6.45) is 3.18. The molecule has 7 nitrogen and oxygen atoms in total. The maximum atomic E-state index is 12.9. The zero-order valence-corrected chi connectivity index (χ0v) is 19.4. The van der Waals surface area contributed by atoms with Crippen molar-refractivity contribution in [2.24, 2.45) is 5.92 Å². The molecule has 1 amide bonds. The maximum absolute atomic E-state index is 12.9. The van der Waals surface area contributed by atoms with Gasteiger partial charge in [-0.25, -0.2) is 5.43 Å². The normalized spacial score (nSPS) is 27.8. The minimum Gasteiger partial charge on any atom is -0.373 e. The van der Waals surface area contributed by atoms with Crippen molar-refractivity contribution in [2.75, 3.05) is 38.1 Å². The Morgan fingerprint density at radius 2 is 1.76 bits per heavy atom. The first-order valence-electron chi connectivity index (χ1n) is 12.2. The number of piperazine rings is 1. The van der Waals surface area contributed by atoms with E-state index in [4.69, 9.17) is 4.74 Å². The smallest absolute Gasteiger partial charge is 0.252 e. The summed E-state index contributed by atoms with van der Waals surface area (Å²) in [5, 5.41) is 3.20. The lowest BCUT2D eigenvalue weighted by molar-refractivity contribution is 0.000258. The van der Waals surface area contributed by atoms with Gasteiger partial charge in [0.25, 0.3) is 5.91 Å². The Bertz CT molecular complexity index is 914. The number of likely N-dealkylation sites (N-methyl/N-ethyl adjacent to an activating group) is 1. The first-order chi connectivity index (χ1) is 16.2. The lowest BCUT2D eigenvalue weighted by Gasteiger charge is -2.34. The highest BCUT2D eigenvalue weighted by Crippen LogP contribution is 2.31. The van der Waals surface area contributed by atoms with E-state index in [1.54, 1.807) is 0 Å². The van der Waals surface area contributed by atoms with Crippen LogP contribution >= 0.6 is 0 Å². The van der Waals surface area contributed by atoms with Gasteiger partial charge in [-0.15, -0.1) is 0 Å². The van der Waals surface area contributed by atoms with Gasteiger partial charge in [0, 0.05) is 49.4 Å². The van der Waals surface area contributed by atoms with E-state index in [1.165, 1.54) is 11.3 Å². The summed E-state index contributed by atoms with van der Waals surface area (Å²) in [5.41, 5.74) is 9.81. The summed E-state index contributed by atoms with van der Waals surface area (Å²) >= 11 is 0. The quantitative estimate of drug-likeness (QED) is 0.629. The fourth-order valence-corrected chi connectivity index (χ4v) is 5.22. The molecule has 0 spiro atoms. The number of benzene rings is 2. The highest BCUT2D eigenvalue weighted by molar-refractivity contribution is 5.94. The second kappa shape index (κ2) is 10.2. The van der Waals surface area contributed by atoms with Gasteiger partial charge in [-0.05, 0) is 56.1 Å². The fourth-order valence-electron chi connectivity index (χ4n) is 5.22. The molecule has 176 valence electrons. The van der Waals surface area contributed by atoms with Crippen molar-refractivity contribution in [3.63, 3.8) is 0 Å². The van der Waals surface area contributed by atoms with Crippen LogP contribution in [0.4, 0.5) is 5.69 Å². The Labute approximate surface area is 196 Å². The maximum Gasteiger partial charge on any atom is 0.252 e. The Hall–Kier alpha value is -2.45. The molecule has 0 radical (unpaired) electrons. The van der Waals surface area contributed by atoms with Crippen LogP contribution in [0.25, 0.3) is 0 Å². The molecular weight excluding hydrogens is 414 g/mol. The predicted molar refractivity (Wildman–Crippen MR) is 130 cm³/mol. The molecule has 3 N–H and O–H groups in total. The van der Waals surface area contributed by atoms with Crippen LogP contribution in [0.15, 0.2) is 54.6 Å². The second-order valence-electron chi connectivity index (χ2n) is 9.58. The highest BCUT2D eigenvalue weighted by atomic mass is 16.5. The van der Waals surface area contributed by atoms with E-state index in [1.807, 2.05) is 30.3 Å². The molecule has 4 unspecified atom stereocenters. The third-order valence-corrected chi connectivity index (χ3v) is 7.32. The largest absolute Gasteiger partial charge is 0.373 e. The molecule has 0 bridgehead atoms. The number of anilines is 1. The first kappa shape index (κ1) is 22.3. The topological polar surface area (TPSA) is 68.9 Å². The number of rotatable bonds is 6. The van der Waals surface area contributed by atoms with E-state index < -0.39 is 0 Å². The van der Waals surface area contributed by atoms with Crippen LogP contribution in [0, 0.1) is 5.92 Å². The zero-order valence-electron chi connectivity index (χ0n) is 19.4. The highest BCUT2D eigenvalue weighted by Gasteiger charge is 2.41. The molecule has 4 atom stereocenters. The third kappa shape index (κ3) is 5.38. The molecule has 1 aliphatic carbocycles. The number of carbonyl (C=O) groups is 1. The van der Waals surface area contributed by atoms with E-state index in [9.17, 15) is 4.79 Å². The van der Waals surface area contributed by atoms with Crippen molar-refractivity contribution in [3.8, 4) is 0 Å². The van der Waals surface area contributed by atoms with Crippen molar-refractivity contribution in [1.29, 1.82) is 0 Å².